The molecule has 6 nitrogen and oxygen atoms in total. The number of nitrogens with one attached hydrogen (secondary N) is 2. The maximum atomic E-state index is 9.42. The molecule has 1 aliphatic heterocycles. The van der Waals surface area contributed by atoms with Crippen molar-refractivity contribution in [2.24, 2.45) is 10.4 Å². The van der Waals surface area contributed by atoms with Gasteiger partial charge in [0.1, 0.15) is 0 Å². The summed E-state index contributed by atoms with van der Waals surface area (Å²) in [5.74, 6) is 0.818. The lowest BCUT2D eigenvalue weighted by Gasteiger charge is -2.27. The van der Waals surface area contributed by atoms with Gasteiger partial charge < -0.3 is 20.5 Å². The standard InChI is InChI=1S/C22H38N4O2.HI/c1-5-23-21(25-16-22(10-12-27)11-13-28-17-22)24-14-19-8-6-7-9-20(19)15-26(4)18(2)3;/h6-9,18,27H,5,10-17H2,1-4H3,(H2,23,24,25);1H. The zero-order valence-corrected chi connectivity index (χ0v) is 20.7. The van der Waals surface area contributed by atoms with E-state index < -0.39 is 0 Å². The minimum absolute atomic E-state index is 0. The third-order valence-corrected chi connectivity index (χ3v) is 5.63. The van der Waals surface area contributed by atoms with Crippen molar-refractivity contribution in [3.8, 4) is 0 Å². The van der Waals surface area contributed by atoms with Crippen LogP contribution >= 0.6 is 24.0 Å². The number of guanidine groups is 1. The average Bonchev–Trinajstić information content (AvgIpc) is 3.14. The van der Waals surface area contributed by atoms with Crippen molar-refractivity contribution >= 4 is 29.9 Å². The lowest BCUT2D eigenvalue weighted by Crippen LogP contribution is -2.44. The van der Waals surface area contributed by atoms with Crippen LogP contribution in [0.5, 0.6) is 0 Å². The zero-order chi connectivity index (χ0) is 20.4. The Labute approximate surface area is 193 Å². The van der Waals surface area contributed by atoms with E-state index in [9.17, 15) is 5.11 Å². The molecule has 0 spiro atoms. The lowest BCUT2D eigenvalue weighted by atomic mass is 9.84. The van der Waals surface area contributed by atoms with Crippen LogP contribution in [0.25, 0.3) is 0 Å². The maximum Gasteiger partial charge on any atom is 0.191 e. The number of halogens is 1. The van der Waals surface area contributed by atoms with Crippen LogP contribution in [0.4, 0.5) is 0 Å². The van der Waals surface area contributed by atoms with Gasteiger partial charge in [-0.1, -0.05) is 24.3 Å². The number of aliphatic imine (C=N–C) groups is 1. The molecule has 1 aliphatic rings. The molecule has 0 saturated carbocycles. The first kappa shape index (κ1) is 26.1. The monoisotopic (exact) mass is 518 g/mol. The van der Waals surface area contributed by atoms with Gasteiger partial charge >= 0.3 is 0 Å². The smallest absolute Gasteiger partial charge is 0.191 e. The largest absolute Gasteiger partial charge is 0.396 e. The Morgan fingerprint density at radius 1 is 1.28 bits per heavy atom. The molecule has 0 aliphatic carbocycles. The topological polar surface area (TPSA) is 69.1 Å². The highest BCUT2D eigenvalue weighted by molar-refractivity contribution is 14.0. The fourth-order valence-electron chi connectivity index (χ4n) is 3.41. The molecule has 0 amide bonds. The molecule has 1 saturated heterocycles. The Morgan fingerprint density at radius 3 is 2.59 bits per heavy atom. The van der Waals surface area contributed by atoms with E-state index in [1.807, 2.05) is 0 Å². The van der Waals surface area contributed by atoms with E-state index in [-0.39, 0.29) is 36.0 Å². The van der Waals surface area contributed by atoms with Crippen LogP contribution in [0.3, 0.4) is 0 Å². The first-order valence-corrected chi connectivity index (χ1v) is 10.5. The maximum absolute atomic E-state index is 9.42. The van der Waals surface area contributed by atoms with Gasteiger partial charge in [0, 0.05) is 44.3 Å². The molecule has 1 unspecified atom stereocenters. The average molecular weight is 518 g/mol. The lowest BCUT2D eigenvalue weighted by molar-refractivity contribution is 0.127. The predicted octanol–water partition coefficient (Wildman–Crippen LogP) is 2.99. The number of aliphatic hydroxyl groups is 1. The summed E-state index contributed by atoms with van der Waals surface area (Å²) in [5, 5.41) is 16.2. The number of benzene rings is 1. The highest BCUT2D eigenvalue weighted by atomic mass is 127. The first-order chi connectivity index (χ1) is 13.5. The van der Waals surface area contributed by atoms with Crippen molar-refractivity contribution in [1.82, 2.24) is 15.5 Å². The van der Waals surface area contributed by atoms with Gasteiger partial charge in [-0.15, -0.1) is 24.0 Å². The Morgan fingerprint density at radius 2 is 2.00 bits per heavy atom. The normalized spacial score (nSPS) is 19.5. The molecule has 1 aromatic rings. The number of hydrogen-bond acceptors (Lipinski definition) is 4. The van der Waals surface area contributed by atoms with Crippen molar-refractivity contribution in [1.29, 1.82) is 0 Å². The van der Waals surface area contributed by atoms with E-state index in [2.05, 4.69) is 67.6 Å². The van der Waals surface area contributed by atoms with E-state index in [0.29, 0.717) is 19.2 Å². The molecule has 0 radical (unpaired) electrons. The van der Waals surface area contributed by atoms with Crippen LogP contribution in [0.15, 0.2) is 29.3 Å². The molecule has 29 heavy (non-hydrogen) atoms. The SMILES string of the molecule is CCNC(=NCc1ccccc1CN(C)C(C)C)NCC1(CCO)CCOC1.I. The summed E-state index contributed by atoms with van der Waals surface area (Å²) >= 11 is 0. The Hall–Kier alpha value is -0.900. The number of hydrogen-bond donors (Lipinski definition) is 3. The third kappa shape index (κ3) is 8.39. The highest BCUT2D eigenvalue weighted by Crippen LogP contribution is 2.31. The van der Waals surface area contributed by atoms with Crippen LogP contribution in [0.1, 0.15) is 44.7 Å². The van der Waals surface area contributed by atoms with E-state index in [0.717, 1.165) is 45.0 Å². The molecular weight excluding hydrogens is 479 g/mol. The van der Waals surface area contributed by atoms with Gasteiger partial charge in [-0.3, -0.25) is 4.90 Å². The van der Waals surface area contributed by atoms with Gasteiger partial charge in [0.15, 0.2) is 5.96 Å². The van der Waals surface area contributed by atoms with Crippen LogP contribution < -0.4 is 10.6 Å². The number of nitrogens with zero attached hydrogens (tertiary/aromatic N) is 2. The summed E-state index contributed by atoms with van der Waals surface area (Å²) in [7, 11) is 2.15. The molecule has 3 N–H and O–H groups in total. The molecular formula is C22H39IN4O2. The Kier molecular flexibility index (Phi) is 12.1. The van der Waals surface area contributed by atoms with Crippen molar-refractivity contribution in [2.45, 2.75) is 52.7 Å². The van der Waals surface area contributed by atoms with E-state index in [1.165, 1.54) is 11.1 Å². The fraction of sp³-hybridized carbons (Fsp3) is 0.682. The molecule has 1 aromatic carbocycles. The summed E-state index contributed by atoms with van der Waals surface area (Å²) in [5.41, 5.74) is 2.57. The number of ether oxygens (including phenoxy) is 1. The van der Waals surface area contributed by atoms with Crippen LogP contribution in [-0.4, -0.2) is 62.0 Å². The minimum Gasteiger partial charge on any atom is -0.396 e. The molecule has 0 bridgehead atoms. The van der Waals surface area contributed by atoms with Crippen LogP contribution in [0.2, 0.25) is 0 Å². The third-order valence-electron chi connectivity index (χ3n) is 5.63. The second kappa shape index (κ2) is 13.4. The highest BCUT2D eigenvalue weighted by Gasteiger charge is 2.34. The second-order valence-corrected chi connectivity index (χ2v) is 8.10. The summed E-state index contributed by atoms with van der Waals surface area (Å²) in [6.45, 7) is 11.3. The molecule has 7 heteroatoms. The molecule has 166 valence electrons. The first-order valence-electron chi connectivity index (χ1n) is 10.5. The van der Waals surface area contributed by atoms with Gasteiger partial charge in [-0.05, 0) is 51.8 Å². The number of rotatable bonds is 10. The Bertz CT molecular complexity index is 619. The minimum atomic E-state index is 0. The van der Waals surface area contributed by atoms with Gasteiger partial charge in [-0.2, -0.15) is 0 Å². The molecule has 1 fully saturated rings. The van der Waals surface area contributed by atoms with Crippen LogP contribution in [0, 0.1) is 5.41 Å². The molecule has 1 heterocycles. The van der Waals surface area contributed by atoms with Crippen LogP contribution in [-0.2, 0) is 17.8 Å². The fourth-order valence-corrected chi connectivity index (χ4v) is 3.41. The van der Waals surface area contributed by atoms with Crippen molar-refractivity contribution in [3.63, 3.8) is 0 Å². The van der Waals surface area contributed by atoms with Gasteiger partial charge in [0.25, 0.3) is 0 Å². The molecule has 1 atom stereocenters. The Balaban J connectivity index is 0.00000420. The summed E-state index contributed by atoms with van der Waals surface area (Å²) in [6.07, 6.45) is 1.73. The van der Waals surface area contributed by atoms with Gasteiger partial charge in [0.05, 0.1) is 13.2 Å². The molecule has 2 rings (SSSR count). The van der Waals surface area contributed by atoms with Gasteiger partial charge in [-0.25, -0.2) is 4.99 Å². The summed E-state index contributed by atoms with van der Waals surface area (Å²) < 4.78 is 5.59. The zero-order valence-electron chi connectivity index (χ0n) is 18.4. The predicted molar refractivity (Wildman–Crippen MR) is 131 cm³/mol. The van der Waals surface area contributed by atoms with E-state index in [1.54, 1.807) is 0 Å². The van der Waals surface area contributed by atoms with E-state index in [4.69, 9.17) is 9.73 Å². The van der Waals surface area contributed by atoms with Crippen molar-refractivity contribution in [3.05, 3.63) is 35.4 Å². The van der Waals surface area contributed by atoms with E-state index >= 15 is 0 Å². The summed E-state index contributed by atoms with van der Waals surface area (Å²) in [6, 6.07) is 9.03. The van der Waals surface area contributed by atoms with Crippen molar-refractivity contribution < 1.29 is 9.84 Å². The van der Waals surface area contributed by atoms with Crippen molar-refractivity contribution in [2.75, 3.05) is 40.0 Å². The molecule has 0 aromatic heterocycles. The van der Waals surface area contributed by atoms with Gasteiger partial charge in [0.2, 0.25) is 0 Å². The quantitative estimate of drug-likeness (QED) is 0.253. The second-order valence-electron chi connectivity index (χ2n) is 8.10. The summed E-state index contributed by atoms with van der Waals surface area (Å²) in [4.78, 5) is 7.16. The number of aliphatic hydroxyl groups excluding tert-OH is 1.